The fourth-order valence-corrected chi connectivity index (χ4v) is 2.75. The number of ether oxygens (including phenoxy) is 2. The maximum atomic E-state index is 12.5. The Labute approximate surface area is 141 Å². The van der Waals surface area contributed by atoms with E-state index in [1.54, 1.807) is 36.4 Å². The summed E-state index contributed by atoms with van der Waals surface area (Å²) in [5, 5.41) is 2.78. The second-order valence-corrected chi connectivity index (χ2v) is 5.92. The molecule has 1 aliphatic heterocycles. The van der Waals surface area contributed by atoms with Crippen molar-refractivity contribution in [2.24, 2.45) is 0 Å². The van der Waals surface area contributed by atoms with Crippen LogP contribution in [-0.2, 0) is 0 Å². The molecular weight excluding hydrogens is 362 g/mol. The number of nitrogens with one attached hydrogen (secondary N) is 1. The third-order valence-corrected chi connectivity index (χ3v) is 4.06. The van der Waals surface area contributed by atoms with E-state index in [2.05, 4.69) is 21.2 Å². The van der Waals surface area contributed by atoms with E-state index in [-0.39, 0.29) is 11.7 Å². The number of carbonyl (C=O) groups is 2. The van der Waals surface area contributed by atoms with Crippen LogP contribution in [0.15, 0.2) is 40.9 Å². The van der Waals surface area contributed by atoms with Crippen LogP contribution in [0.2, 0.25) is 0 Å². The minimum Gasteiger partial charge on any atom is -0.486 e. The van der Waals surface area contributed by atoms with E-state index in [0.29, 0.717) is 46.0 Å². The number of carbonyl (C=O) groups excluding carboxylic acids is 2. The molecule has 2 aromatic rings. The number of ketones is 1. The van der Waals surface area contributed by atoms with Gasteiger partial charge in [-0.1, -0.05) is 12.1 Å². The van der Waals surface area contributed by atoms with Gasteiger partial charge in [0.15, 0.2) is 17.3 Å². The van der Waals surface area contributed by atoms with Gasteiger partial charge in [0.05, 0.1) is 5.56 Å². The maximum absolute atomic E-state index is 12.5. The number of benzene rings is 2. The van der Waals surface area contributed by atoms with E-state index >= 15 is 0 Å². The molecule has 1 heterocycles. The lowest BCUT2D eigenvalue weighted by Gasteiger charge is -2.19. The first-order chi connectivity index (χ1) is 11.0. The molecule has 0 fully saturated rings. The van der Waals surface area contributed by atoms with Crippen LogP contribution < -0.4 is 14.8 Å². The zero-order chi connectivity index (χ0) is 16.4. The predicted octanol–water partition coefficient (Wildman–Crippen LogP) is 3.68. The molecule has 0 bridgehead atoms. The Morgan fingerprint density at radius 1 is 1.09 bits per heavy atom. The van der Waals surface area contributed by atoms with E-state index in [4.69, 9.17) is 9.47 Å². The van der Waals surface area contributed by atoms with E-state index < -0.39 is 0 Å². The molecule has 0 saturated heterocycles. The van der Waals surface area contributed by atoms with Crippen molar-refractivity contribution >= 4 is 33.3 Å². The van der Waals surface area contributed by atoms with Crippen LogP contribution in [-0.4, -0.2) is 24.9 Å². The number of hydrogen-bond acceptors (Lipinski definition) is 4. The molecule has 0 saturated carbocycles. The highest BCUT2D eigenvalue weighted by Gasteiger charge is 2.19. The van der Waals surface area contributed by atoms with Crippen molar-refractivity contribution in [2.45, 2.75) is 6.92 Å². The molecule has 0 radical (unpaired) electrons. The van der Waals surface area contributed by atoms with Gasteiger partial charge < -0.3 is 14.8 Å². The monoisotopic (exact) mass is 375 g/mol. The van der Waals surface area contributed by atoms with Crippen molar-refractivity contribution in [2.75, 3.05) is 18.5 Å². The van der Waals surface area contributed by atoms with Crippen molar-refractivity contribution in [3.8, 4) is 11.5 Å². The standard InChI is InChI=1S/C17H14BrNO4/c1-10(20)11-3-2-4-12(7-11)19-17(21)13-8-15-16(9-14(13)18)23-6-5-22-15/h2-4,7-9H,5-6H2,1H3,(H,19,21). The molecule has 0 spiro atoms. The van der Waals surface area contributed by atoms with Crippen LogP contribution in [0.4, 0.5) is 5.69 Å². The first-order valence-electron chi connectivity index (χ1n) is 7.06. The number of halogens is 1. The second kappa shape index (κ2) is 6.42. The molecule has 6 heteroatoms. The summed E-state index contributed by atoms with van der Waals surface area (Å²) in [5.41, 5.74) is 1.54. The Hall–Kier alpha value is -2.34. The normalized spacial score (nSPS) is 12.6. The van der Waals surface area contributed by atoms with Crippen molar-refractivity contribution in [1.82, 2.24) is 0 Å². The van der Waals surface area contributed by atoms with E-state index in [1.807, 2.05) is 0 Å². The van der Waals surface area contributed by atoms with Crippen LogP contribution in [0.5, 0.6) is 11.5 Å². The predicted molar refractivity (Wildman–Crippen MR) is 89.5 cm³/mol. The van der Waals surface area contributed by atoms with Gasteiger partial charge in [-0.25, -0.2) is 0 Å². The summed E-state index contributed by atoms with van der Waals surface area (Å²) in [6, 6.07) is 10.2. The van der Waals surface area contributed by atoms with E-state index in [1.165, 1.54) is 6.92 Å². The SMILES string of the molecule is CC(=O)c1cccc(NC(=O)c2cc3c(cc2Br)OCCO3)c1. The van der Waals surface area contributed by atoms with E-state index in [9.17, 15) is 9.59 Å². The lowest BCUT2D eigenvalue weighted by molar-refractivity contribution is 0.101. The molecule has 5 nitrogen and oxygen atoms in total. The van der Waals surface area contributed by atoms with Crippen molar-refractivity contribution in [3.63, 3.8) is 0 Å². The topological polar surface area (TPSA) is 64.6 Å². The molecule has 0 aromatic heterocycles. The largest absolute Gasteiger partial charge is 0.486 e. The summed E-state index contributed by atoms with van der Waals surface area (Å²) in [7, 11) is 0. The lowest BCUT2D eigenvalue weighted by Crippen LogP contribution is -2.18. The summed E-state index contributed by atoms with van der Waals surface area (Å²) < 4.78 is 11.6. The molecule has 1 aliphatic rings. The summed E-state index contributed by atoms with van der Waals surface area (Å²) in [5.74, 6) is 0.802. The minimum absolute atomic E-state index is 0.0541. The summed E-state index contributed by atoms with van der Waals surface area (Å²) in [4.78, 5) is 23.9. The average molecular weight is 376 g/mol. The van der Waals surface area contributed by atoms with Gasteiger partial charge in [-0.2, -0.15) is 0 Å². The summed E-state index contributed by atoms with van der Waals surface area (Å²) >= 11 is 3.38. The Bertz CT molecular complexity index is 788. The van der Waals surface area contributed by atoms with Gasteiger partial charge in [0, 0.05) is 15.7 Å². The van der Waals surface area contributed by atoms with Crippen LogP contribution in [0.3, 0.4) is 0 Å². The molecule has 0 unspecified atom stereocenters. The molecule has 118 valence electrons. The fraction of sp³-hybridized carbons (Fsp3) is 0.176. The highest BCUT2D eigenvalue weighted by molar-refractivity contribution is 9.10. The highest BCUT2D eigenvalue weighted by Crippen LogP contribution is 2.35. The van der Waals surface area contributed by atoms with Crippen LogP contribution in [0.1, 0.15) is 27.6 Å². The number of amides is 1. The number of anilines is 1. The summed E-state index contributed by atoms with van der Waals surface area (Å²) in [6.07, 6.45) is 0. The van der Waals surface area contributed by atoms with Gasteiger partial charge in [-0.15, -0.1) is 0 Å². The molecular formula is C17H14BrNO4. The Kier molecular flexibility index (Phi) is 4.34. The highest BCUT2D eigenvalue weighted by atomic mass is 79.9. The van der Waals surface area contributed by atoms with Gasteiger partial charge in [-0.05, 0) is 47.1 Å². The van der Waals surface area contributed by atoms with Crippen molar-refractivity contribution in [1.29, 1.82) is 0 Å². The van der Waals surface area contributed by atoms with Crippen LogP contribution in [0, 0.1) is 0 Å². The van der Waals surface area contributed by atoms with Gasteiger partial charge in [0.1, 0.15) is 13.2 Å². The van der Waals surface area contributed by atoms with Gasteiger partial charge in [0.25, 0.3) is 5.91 Å². The Morgan fingerprint density at radius 2 is 1.78 bits per heavy atom. The van der Waals surface area contributed by atoms with Crippen molar-refractivity contribution < 1.29 is 19.1 Å². The Morgan fingerprint density at radius 3 is 2.48 bits per heavy atom. The van der Waals surface area contributed by atoms with Crippen LogP contribution in [0.25, 0.3) is 0 Å². The molecule has 2 aromatic carbocycles. The van der Waals surface area contributed by atoms with Gasteiger partial charge >= 0.3 is 0 Å². The number of Topliss-reactive ketones (excluding diaryl/α,β-unsaturated/α-hetero) is 1. The fourth-order valence-electron chi connectivity index (χ4n) is 2.25. The zero-order valence-electron chi connectivity index (χ0n) is 12.4. The Balaban J connectivity index is 1.86. The first-order valence-corrected chi connectivity index (χ1v) is 7.85. The molecule has 1 N–H and O–H groups in total. The van der Waals surface area contributed by atoms with Gasteiger partial charge in [0.2, 0.25) is 0 Å². The number of rotatable bonds is 3. The zero-order valence-corrected chi connectivity index (χ0v) is 14.0. The third kappa shape index (κ3) is 3.37. The van der Waals surface area contributed by atoms with Gasteiger partial charge in [-0.3, -0.25) is 9.59 Å². The second-order valence-electron chi connectivity index (χ2n) is 5.07. The number of hydrogen-bond donors (Lipinski definition) is 1. The molecule has 0 aliphatic carbocycles. The molecule has 0 atom stereocenters. The average Bonchev–Trinajstić information content (AvgIpc) is 2.54. The first kappa shape index (κ1) is 15.6. The lowest BCUT2D eigenvalue weighted by atomic mass is 10.1. The minimum atomic E-state index is -0.297. The number of fused-ring (bicyclic) bond motifs is 1. The summed E-state index contributed by atoms with van der Waals surface area (Å²) in [6.45, 7) is 2.43. The maximum Gasteiger partial charge on any atom is 0.256 e. The van der Waals surface area contributed by atoms with Crippen LogP contribution >= 0.6 is 15.9 Å². The quantitative estimate of drug-likeness (QED) is 0.831. The molecule has 1 amide bonds. The molecule has 3 rings (SSSR count). The van der Waals surface area contributed by atoms with E-state index in [0.717, 1.165) is 0 Å². The smallest absolute Gasteiger partial charge is 0.256 e. The van der Waals surface area contributed by atoms with Crippen molar-refractivity contribution in [3.05, 3.63) is 52.0 Å². The molecule has 23 heavy (non-hydrogen) atoms. The third-order valence-electron chi connectivity index (χ3n) is 3.40.